The molecule has 0 bridgehead atoms. The number of ether oxygens (including phenoxy) is 2. The number of benzene rings is 2. The van der Waals surface area contributed by atoms with Gasteiger partial charge in [-0.25, -0.2) is 0 Å². The fourth-order valence-electron chi connectivity index (χ4n) is 3.69. The molecule has 0 aliphatic heterocycles. The van der Waals surface area contributed by atoms with Crippen molar-refractivity contribution in [2.24, 2.45) is 0 Å². The maximum atomic E-state index is 10.8. The van der Waals surface area contributed by atoms with Crippen LogP contribution in [0, 0.1) is 10.1 Å². The third-order valence-corrected chi connectivity index (χ3v) is 5.28. The number of nitro groups is 1. The number of nitro benzene ring substituents is 1. The number of fused-ring (bicyclic) bond motifs is 3. The Hall–Kier alpha value is -4.47. The lowest BCUT2D eigenvalue weighted by atomic mass is 10.1. The molecule has 0 saturated carbocycles. The molecule has 0 atom stereocenters. The number of hydrogen-bond acceptors (Lipinski definition) is 8. The van der Waals surface area contributed by atoms with Gasteiger partial charge in [-0.15, -0.1) is 10.2 Å². The highest BCUT2D eigenvalue weighted by molar-refractivity contribution is 5.81. The highest BCUT2D eigenvalue weighted by Crippen LogP contribution is 2.44. The minimum atomic E-state index is -0.439. The first-order valence-corrected chi connectivity index (χ1v) is 9.66. The first-order valence-electron chi connectivity index (χ1n) is 9.66. The van der Waals surface area contributed by atoms with Gasteiger partial charge in [0.25, 0.3) is 11.6 Å². The molecule has 32 heavy (non-hydrogen) atoms. The van der Waals surface area contributed by atoms with Crippen molar-refractivity contribution in [1.82, 2.24) is 20.4 Å². The number of aromatic nitrogens is 4. The molecule has 2 aromatic carbocycles. The lowest BCUT2D eigenvalue weighted by Crippen LogP contribution is -1.93. The van der Waals surface area contributed by atoms with Crippen molar-refractivity contribution in [3.05, 3.63) is 69.1 Å². The van der Waals surface area contributed by atoms with Crippen molar-refractivity contribution in [1.29, 1.82) is 0 Å². The number of hydrogen-bond donors (Lipinski definition) is 1. The smallest absolute Gasteiger partial charge is 0.269 e. The van der Waals surface area contributed by atoms with Gasteiger partial charge in [0.15, 0.2) is 11.5 Å². The van der Waals surface area contributed by atoms with Gasteiger partial charge in [0.1, 0.15) is 5.69 Å². The molecule has 1 aliphatic rings. The van der Waals surface area contributed by atoms with E-state index in [1.165, 1.54) is 12.1 Å². The quantitative estimate of drug-likeness (QED) is 0.314. The van der Waals surface area contributed by atoms with Crippen LogP contribution in [0.5, 0.6) is 11.5 Å². The van der Waals surface area contributed by atoms with Gasteiger partial charge >= 0.3 is 0 Å². The summed E-state index contributed by atoms with van der Waals surface area (Å²) in [6.07, 6.45) is 4.04. The molecule has 2 aromatic heterocycles. The van der Waals surface area contributed by atoms with Crippen LogP contribution in [0.2, 0.25) is 0 Å². The molecule has 10 nitrogen and oxygen atoms in total. The molecule has 5 rings (SSSR count). The number of aromatic amines is 1. The number of nitrogens with zero attached hydrogens (tertiary/aromatic N) is 4. The van der Waals surface area contributed by atoms with Gasteiger partial charge < -0.3 is 13.9 Å². The Bertz CT molecular complexity index is 1350. The van der Waals surface area contributed by atoms with E-state index in [2.05, 4.69) is 20.4 Å². The van der Waals surface area contributed by atoms with Crippen molar-refractivity contribution < 1.29 is 18.8 Å². The third kappa shape index (κ3) is 3.27. The van der Waals surface area contributed by atoms with Crippen LogP contribution in [-0.4, -0.2) is 39.5 Å². The second-order valence-corrected chi connectivity index (χ2v) is 7.09. The molecule has 1 aliphatic carbocycles. The van der Waals surface area contributed by atoms with E-state index < -0.39 is 4.92 Å². The van der Waals surface area contributed by atoms with E-state index in [0.29, 0.717) is 35.4 Å². The number of non-ortho nitro benzene ring substituents is 1. The van der Waals surface area contributed by atoms with E-state index in [0.717, 1.165) is 27.9 Å². The Morgan fingerprint density at radius 1 is 1.09 bits per heavy atom. The SMILES string of the molecule is COc1cc2c(cc1OC)-c1n[nH]c(-c3nnc(/C=C/c4ccc([N+](=O)[O-])cc4)o3)c1C2. The summed E-state index contributed by atoms with van der Waals surface area (Å²) >= 11 is 0. The predicted molar refractivity (Wildman–Crippen MR) is 115 cm³/mol. The summed E-state index contributed by atoms with van der Waals surface area (Å²) in [6, 6.07) is 10.0. The molecule has 0 radical (unpaired) electrons. The Labute approximate surface area is 181 Å². The van der Waals surface area contributed by atoms with E-state index in [1.54, 1.807) is 38.5 Å². The van der Waals surface area contributed by atoms with Gasteiger partial charge in [-0.1, -0.05) is 0 Å². The fourth-order valence-corrected chi connectivity index (χ4v) is 3.69. The average molecular weight is 431 g/mol. The molecular weight excluding hydrogens is 414 g/mol. The zero-order valence-corrected chi connectivity index (χ0v) is 17.2. The summed E-state index contributed by atoms with van der Waals surface area (Å²) in [5.41, 5.74) is 5.30. The van der Waals surface area contributed by atoms with E-state index >= 15 is 0 Å². The van der Waals surface area contributed by atoms with Crippen LogP contribution >= 0.6 is 0 Å². The molecule has 4 aromatic rings. The molecule has 10 heteroatoms. The summed E-state index contributed by atoms with van der Waals surface area (Å²) < 4.78 is 16.6. The second-order valence-electron chi connectivity index (χ2n) is 7.09. The summed E-state index contributed by atoms with van der Waals surface area (Å²) in [4.78, 5) is 10.3. The zero-order chi connectivity index (χ0) is 22.2. The lowest BCUT2D eigenvalue weighted by Gasteiger charge is -2.09. The molecule has 0 spiro atoms. The molecule has 0 unspecified atom stereocenters. The Morgan fingerprint density at radius 3 is 2.56 bits per heavy atom. The highest BCUT2D eigenvalue weighted by atomic mass is 16.6. The van der Waals surface area contributed by atoms with Crippen molar-refractivity contribution >= 4 is 17.8 Å². The molecule has 2 heterocycles. The first-order chi connectivity index (χ1) is 15.6. The summed E-state index contributed by atoms with van der Waals surface area (Å²) in [6.45, 7) is 0. The van der Waals surface area contributed by atoms with Crippen molar-refractivity contribution in [3.8, 4) is 34.3 Å². The predicted octanol–water partition coefficient (Wildman–Crippen LogP) is 4.13. The minimum Gasteiger partial charge on any atom is -0.493 e. The molecule has 0 fully saturated rings. The van der Waals surface area contributed by atoms with Gasteiger partial charge in [0.2, 0.25) is 5.89 Å². The molecule has 0 amide bonds. The van der Waals surface area contributed by atoms with Crippen LogP contribution in [0.4, 0.5) is 5.69 Å². The third-order valence-electron chi connectivity index (χ3n) is 5.28. The first kappa shape index (κ1) is 19.5. The second kappa shape index (κ2) is 7.65. The van der Waals surface area contributed by atoms with E-state index in [4.69, 9.17) is 13.9 Å². The van der Waals surface area contributed by atoms with Crippen LogP contribution in [0.15, 0.2) is 40.8 Å². The van der Waals surface area contributed by atoms with Gasteiger partial charge in [-0.2, -0.15) is 5.10 Å². The standard InChI is InChI=1S/C22H17N5O5/c1-30-17-10-13-9-16-20(15(13)11-18(17)31-2)24-25-21(16)22-26-23-19(32-22)8-5-12-3-6-14(7-4-12)27(28)29/h3-8,10-11H,9H2,1-2H3,(H,24,25)/b8-5+. The Morgan fingerprint density at radius 2 is 1.84 bits per heavy atom. The van der Waals surface area contributed by atoms with E-state index in [-0.39, 0.29) is 5.69 Å². The summed E-state index contributed by atoms with van der Waals surface area (Å²) in [5.74, 6) is 1.94. The Balaban J connectivity index is 1.40. The number of rotatable bonds is 6. The molecule has 160 valence electrons. The van der Waals surface area contributed by atoms with Crippen LogP contribution in [0.1, 0.15) is 22.6 Å². The number of H-pyrrole nitrogens is 1. The van der Waals surface area contributed by atoms with E-state index in [9.17, 15) is 10.1 Å². The van der Waals surface area contributed by atoms with Gasteiger partial charge in [0.05, 0.1) is 24.8 Å². The van der Waals surface area contributed by atoms with Gasteiger partial charge in [-0.3, -0.25) is 15.2 Å². The topological polar surface area (TPSA) is 129 Å². The summed E-state index contributed by atoms with van der Waals surface area (Å²) in [5, 5.41) is 26.4. The van der Waals surface area contributed by atoms with Crippen LogP contribution in [-0.2, 0) is 6.42 Å². The van der Waals surface area contributed by atoms with Crippen molar-refractivity contribution in [2.45, 2.75) is 6.42 Å². The average Bonchev–Trinajstić information content (AvgIpc) is 3.52. The molecule has 0 saturated heterocycles. The number of methoxy groups -OCH3 is 2. The van der Waals surface area contributed by atoms with Crippen LogP contribution < -0.4 is 9.47 Å². The lowest BCUT2D eigenvalue weighted by molar-refractivity contribution is -0.384. The number of nitrogens with one attached hydrogen (secondary N) is 1. The van der Waals surface area contributed by atoms with Crippen molar-refractivity contribution in [3.63, 3.8) is 0 Å². The van der Waals surface area contributed by atoms with Crippen LogP contribution in [0.3, 0.4) is 0 Å². The maximum Gasteiger partial charge on any atom is 0.269 e. The summed E-state index contributed by atoms with van der Waals surface area (Å²) in [7, 11) is 3.20. The monoisotopic (exact) mass is 431 g/mol. The minimum absolute atomic E-state index is 0.0339. The fraction of sp³-hybridized carbons (Fsp3) is 0.136. The van der Waals surface area contributed by atoms with Gasteiger partial charge in [-0.05, 0) is 41.5 Å². The molecular formula is C22H17N5O5. The maximum absolute atomic E-state index is 10.8. The normalized spacial score (nSPS) is 12.1. The largest absolute Gasteiger partial charge is 0.493 e. The van der Waals surface area contributed by atoms with Crippen molar-refractivity contribution in [2.75, 3.05) is 14.2 Å². The molecule has 1 N–H and O–H groups in total. The van der Waals surface area contributed by atoms with Crippen LogP contribution in [0.25, 0.3) is 35.0 Å². The highest BCUT2D eigenvalue weighted by Gasteiger charge is 2.29. The van der Waals surface area contributed by atoms with Gasteiger partial charge in [0, 0.05) is 35.8 Å². The van der Waals surface area contributed by atoms with E-state index in [1.807, 2.05) is 12.1 Å². The Kier molecular flexibility index (Phi) is 4.66. The zero-order valence-electron chi connectivity index (χ0n) is 17.2.